The Balaban J connectivity index is 1.21. The quantitative estimate of drug-likeness (QED) is 0.170. The van der Waals surface area contributed by atoms with Gasteiger partial charge in [0.15, 0.2) is 17.5 Å². The first-order chi connectivity index (χ1) is 32.8. The van der Waals surface area contributed by atoms with Crippen LogP contribution < -0.4 is 0 Å². The molecule has 11 rings (SSSR count). The highest BCUT2D eigenvalue weighted by Crippen LogP contribution is 2.41. The van der Waals surface area contributed by atoms with Gasteiger partial charge in [-0.1, -0.05) is 158 Å². The summed E-state index contributed by atoms with van der Waals surface area (Å²) in [7, 11) is 0. The maximum atomic E-state index is 9.98. The molecule has 0 bridgehead atoms. The number of hydrogen-bond acceptors (Lipinski definition) is 4. The second-order valence-electron chi connectivity index (χ2n) is 13.1. The summed E-state index contributed by atoms with van der Waals surface area (Å²) in [6.45, 7) is 0. The summed E-state index contributed by atoms with van der Waals surface area (Å²) in [5, 5.41) is 1.68. The van der Waals surface area contributed by atoms with E-state index in [2.05, 4.69) is 18.2 Å². The Morgan fingerprint density at radius 2 is 1.04 bits per heavy atom. The van der Waals surface area contributed by atoms with Gasteiger partial charge in [-0.05, 0) is 58.6 Å². The molecule has 8 aromatic carbocycles. The van der Waals surface area contributed by atoms with E-state index in [1.165, 1.54) is 0 Å². The van der Waals surface area contributed by atoms with E-state index in [0.29, 0.717) is 22.8 Å². The van der Waals surface area contributed by atoms with E-state index < -0.39 is 78.2 Å². The van der Waals surface area contributed by atoms with Gasteiger partial charge in [0.05, 0.1) is 27.5 Å². The Hall–Kier alpha value is -7.21. The molecule has 0 N–H and O–H groups in total. The minimum atomic E-state index is -0.709. The maximum absolute atomic E-state index is 9.98. The average molecular weight is 745 g/mol. The molecule has 0 amide bonds. The molecule has 0 aliphatic heterocycles. The molecule has 0 unspecified atom stereocenters. The molecule has 0 saturated carbocycles. The maximum Gasteiger partial charge on any atom is 0.165 e. The van der Waals surface area contributed by atoms with Gasteiger partial charge in [-0.15, -0.1) is 11.3 Å². The molecule has 0 aliphatic rings. The first-order valence-electron chi connectivity index (χ1n) is 23.8. The van der Waals surface area contributed by atoms with Crippen molar-refractivity contribution in [3.05, 3.63) is 194 Å². The van der Waals surface area contributed by atoms with E-state index in [-0.39, 0.29) is 38.8 Å². The number of para-hydroxylation sites is 2. The molecule has 262 valence electrons. The van der Waals surface area contributed by atoms with Crippen LogP contribution in [0.3, 0.4) is 0 Å². The lowest BCUT2D eigenvalue weighted by Gasteiger charge is -2.13. The largest absolute Gasteiger partial charge is 0.309 e. The number of rotatable bonds is 6. The van der Waals surface area contributed by atoms with Gasteiger partial charge < -0.3 is 4.57 Å². The highest BCUT2D eigenvalue weighted by atomic mass is 32.1. The van der Waals surface area contributed by atoms with Crippen LogP contribution in [0.15, 0.2) is 194 Å². The summed E-state index contributed by atoms with van der Waals surface area (Å²) in [5.41, 5.74) is 2.94. The highest BCUT2D eigenvalue weighted by Gasteiger charge is 2.20. The molecule has 0 saturated heterocycles. The normalized spacial score (nSPS) is 14.6. The van der Waals surface area contributed by atoms with E-state index in [9.17, 15) is 4.11 Å². The van der Waals surface area contributed by atoms with Gasteiger partial charge in [0.25, 0.3) is 0 Å². The molecular weight excluding hydrogens is 701 g/mol. The first kappa shape index (κ1) is 22.2. The summed E-state index contributed by atoms with van der Waals surface area (Å²) >= 11 is 1.62. The van der Waals surface area contributed by atoms with Gasteiger partial charge in [-0.25, -0.2) is 15.0 Å². The fourth-order valence-corrected chi connectivity index (χ4v) is 8.44. The van der Waals surface area contributed by atoms with Crippen molar-refractivity contribution in [1.29, 1.82) is 0 Å². The van der Waals surface area contributed by atoms with Gasteiger partial charge >= 0.3 is 0 Å². The second-order valence-corrected chi connectivity index (χ2v) is 14.1. The van der Waals surface area contributed by atoms with Crippen molar-refractivity contribution in [2.45, 2.75) is 0 Å². The van der Waals surface area contributed by atoms with E-state index >= 15 is 0 Å². The van der Waals surface area contributed by atoms with Gasteiger partial charge in [0.1, 0.15) is 0 Å². The summed E-state index contributed by atoms with van der Waals surface area (Å²) < 4.78 is 111. The number of benzene rings is 8. The number of hydrogen-bond donors (Lipinski definition) is 0. The van der Waals surface area contributed by atoms with Crippen molar-refractivity contribution in [2.24, 2.45) is 0 Å². The molecule has 5 heteroatoms. The van der Waals surface area contributed by atoms with Crippen LogP contribution in [0.4, 0.5) is 0 Å². The number of fused-ring (bicyclic) bond motifs is 6. The van der Waals surface area contributed by atoms with Crippen LogP contribution in [-0.2, 0) is 0 Å². The molecule has 0 aliphatic carbocycles. The predicted molar refractivity (Wildman–Crippen MR) is 234 cm³/mol. The second kappa shape index (κ2) is 13.3. The number of thiophene rings is 1. The Kier molecular flexibility index (Phi) is 5.27. The third-order valence-electron chi connectivity index (χ3n) is 9.84. The van der Waals surface area contributed by atoms with Crippen molar-refractivity contribution >= 4 is 53.3 Å². The van der Waals surface area contributed by atoms with Crippen molar-refractivity contribution in [1.82, 2.24) is 19.5 Å². The van der Waals surface area contributed by atoms with Crippen LogP contribution >= 0.6 is 11.3 Å². The zero-order chi connectivity index (χ0) is 47.4. The van der Waals surface area contributed by atoms with Crippen molar-refractivity contribution in [2.75, 3.05) is 0 Å². The third kappa shape index (κ3) is 5.40. The molecule has 56 heavy (non-hydrogen) atoms. The molecule has 0 spiro atoms. The zero-order valence-electron chi connectivity index (χ0n) is 41.2. The molecule has 4 nitrogen and oxygen atoms in total. The Labute approximate surface area is 344 Å². The fourth-order valence-electron chi connectivity index (χ4n) is 7.23. The SMILES string of the molecule is [2H]c1c([2H])c([2H])c(-n2c3c([2H])c([2H])c([2H])c([2H])c3c3c([2H])c([2H])c(-c4ccccc4-c4nc(-c5ccc(-c6ccccc6)cc5)nc(-c5cccc6c5sc5ccccc56)n4)c([2H])c32)c([2H])c1[2H]. The van der Waals surface area contributed by atoms with Gasteiger partial charge in [0.2, 0.25) is 0 Å². The number of nitrogens with zero attached hydrogens (tertiary/aromatic N) is 4. The molecule has 0 radical (unpaired) electrons. The Morgan fingerprint density at radius 1 is 0.411 bits per heavy atom. The van der Waals surface area contributed by atoms with Gasteiger partial charge in [0, 0.05) is 53.3 Å². The summed E-state index contributed by atoms with van der Waals surface area (Å²) in [4.78, 5) is 15.3. The van der Waals surface area contributed by atoms with Crippen molar-refractivity contribution in [3.8, 4) is 62.1 Å². The monoisotopic (exact) mass is 744 g/mol. The first-order valence-corrected chi connectivity index (χ1v) is 18.6. The average Bonchev–Trinajstić information content (AvgIpc) is 3.93. The smallest absolute Gasteiger partial charge is 0.165 e. The van der Waals surface area contributed by atoms with Crippen molar-refractivity contribution < 1.29 is 16.4 Å². The van der Waals surface area contributed by atoms with Gasteiger partial charge in [-0.2, -0.15) is 0 Å². The highest BCUT2D eigenvalue weighted by molar-refractivity contribution is 7.26. The molecule has 11 aromatic rings. The predicted octanol–water partition coefficient (Wildman–Crippen LogP) is 13.7. The minimum absolute atomic E-state index is 0.105. The van der Waals surface area contributed by atoms with Gasteiger partial charge in [-0.3, -0.25) is 0 Å². The number of aromatic nitrogens is 4. The topological polar surface area (TPSA) is 43.6 Å². The van der Waals surface area contributed by atoms with Crippen LogP contribution in [0.1, 0.15) is 16.4 Å². The molecule has 3 heterocycles. The lowest BCUT2D eigenvalue weighted by Crippen LogP contribution is -2.01. The Morgan fingerprint density at radius 3 is 1.89 bits per heavy atom. The van der Waals surface area contributed by atoms with E-state index in [0.717, 1.165) is 41.4 Å². The lowest BCUT2D eigenvalue weighted by molar-refractivity contribution is 1.08. The summed E-state index contributed by atoms with van der Waals surface area (Å²) in [6, 6.07) is 31.4. The van der Waals surface area contributed by atoms with E-state index in [4.69, 9.17) is 27.3 Å². The summed E-state index contributed by atoms with van der Waals surface area (Å²) in [5.74, 6) is 0.889. The minimum Gasteiger partial charge on any atom is -0.309 e. The Bertz CT molecular complexity index is 3920. The molecule has 0 fully saturated rings. The zero-order valence-corrected chi connectivity index (χ0v) is 30.1. The third-order valence-corrected chi connectivity index (χ3v) is 11.1. The lowest BCUT2D eigenvalue weighted by atomic mass is 9.97. The van der Waals surface area contributed by atoms with Crippen LogP contribution in [0.5, 0.6) is 0 Å². The summed E-state index contributed by atoms with van der Waals surface area (Å²) in [6.07, 6.45) is 0. The fraction of sp³-hybridized carbons (Fsp3) is 0. The van der Waals surface area contributed by atoms with Crippen LogP contribution in [0.25, 0.3) is 104 Å². The standard InChI is InChI=1S/C51H32N4S/c1-3-14-33(15-4-1)34-26-28-35(29-27-34)49-52-50(54-51(53-49)44-23-13-22-42-41-20-10-12-25-47(41)56-48(42)44)43-21-8-7-18-38(43)36-30-31-40-39-19-9-11-24-45(39)55(46(40)32-36)37-16-5-2-6-17-37/h1-32H/i2D,5D,6D,9D,11D,16D,17D,19D,24D,30D,31D,32D. The van der Waals surface area contributed by atoms with Crippen LogP contribution in [-0.4, -0.2) is 19.5 Å². The molecule has 0 atom stereocenters. The van der Waals surface area contributed by atoms with Crippen molar-refractivity contribution in [3.63, 3.8) is 0 Å². The van der Waals surface area contributed by atoms with E-state index in [1.807, 2.05) is 78.9 Å². The molecular formula is C51H32N4S. The van der Waals surface area contributed by atoms with E-state index in [1.54, 1.807) is 35.6 Å². The molecule has 3 aromatic heterocycles. The van der Waals surface area contributed by atoms with Crippen LogP contribution in [0, 0.1) is 0 Å². The van der Waals surface area contributed by atoms with Crippen LogP contribution in [0.2, 0.25) is 0 Å².